The Hall–Kier alpha value is -3.47. The highest BCUT2D eigenvalue weighted by atomic mass is 79.9. The van der Waals surface area contributed by atoms with Crippen molar-refractivity contribution in [2.24, 2.45) is 0 Å². The molecule has 3 unspecified atom stereocenters. The quantitative estimate of drug-likeness (QED) is 0.110. The zero-order valence-electron chi connectivity index (χ0n) is 26.1. The number of fused-ring (bicyclic) bond motifs is 1. The highest BCUT2D eigenvalue weighted by Gasteiger charge is 2.29. The Bertz CT molecular complexity index is 1650. The second-order valence-corrected chi connectivity index (χ2v) is 12.4. The van der Waals surface area contributed by atoms with Crippen LogP contribution in [-0.4, -0.2) is 100 Å². The standard InChI is InChI=1S/C31H42BrN9O5/c1-3-39-22-6-5-19(13-23(22)40(4-2)27(39)16-35-31(46)28-30(33)34-15-26(32)37-28)20-14-36-41(17-20)21-7-10-38(11-8-21)18-25(44)29(45)24(43)9-12-42/h5-6,13-15,17,21,24-25,29,42-45H,3-4,7-12,16,18H2,1-2H3,(H2-,33,34,35,46)/p+1. The van der Waals surface area contributed by atoms with Gasteiger partial charge in [0.1, 0.15) is 17.3 Å². The number of amides is 1. The predicted molar refractivity (Wildman–Crippen MR) is 174 cm³/mol. The molecule has 7 N–H and O–H groups in total. The highest BCUT2D eigenvalue weighted by molar-refractivity contribution is 9.10. The number of anilines is 1. The van der Waals surface area contributed by atoms with Gasteiger partial charge in [0.25, 0.3) is 11.7 Å². The summed E-state index contributed by atoms with van der Waals surface area (Å²) < 4.78 is 6.84. The smallest absolute Gasteiger partial charge is 0.277 e. The third-order valence-corrected chi connectivity index (χ3v) is 9.11. The van der Waals surface area contributed by atoms with E-state index >= 15 is 0 Å². The molecule has 4 aromatic rings. The summed E-state index contributed by atoms with van der Waals surface area (Å²) in [5.41, 5.74) is 10.1. The number of nitrogens with two attached hydrogens (primary N) is 1. The van der Waals surface area contributed by atoms with Gasteiger partial charge in [-0.05, 0) is 72.8 Å². The number of carbonyl (C=O) groups excluding carboxylic acids is 1. The first-order chi connectivity index (χ1) is 22.1. The molecule has 0 spiro atoms. The molecule has 4 heterocycles. The molecule has 3 aromatic heterocycles. The van der Waals surface area contributed by atoms with E-state index in [1.54, 1.807) is 0 Å². The second kappa shape index (κ2) is 15.0. The van der Waals surface area contributed by atoms with Gasteiger partial charge in [-0.25, -0.2) is 19.1 Å². The Morgan fingerprint density at radius 3 is 2.61 bits per heavy atom. The largest absolute Gasteiger partial charge is 0.396 e. The number of nitrogens with zero attached hydrogens (tertiary/aromatic N) is 7. The average molecular weight is 702 g/mol. The molecule has 0 radical (unpaired) electrons. The topological polar surface area (TPSA) is 192 Å². The Morgan fingerprint density at radius 1 is 1.15 bits per heavy atom. The lowest BCUT2D eigenvalue weighted by Gasteiger charge is -2.34. The molecule has 248 valence electrons. The Balaban J connectivity index is 1.28. The van der Waals surface area contributed by atoms with Gasteiger partial charge in [0.05, 0.1) is 43.7 Å². The number of aliphatic hydroxyl groups excluding tert-OH is 4. The zero-order valence-corrected chi connectivity index (χ0v) is 27.7. The van der Waals surface area contributed by atoms with E-state index in [0.29, 0.717) is 11.1 Å². The summed E-state index contributed by atoms with van der Waals surface area (Å²) >= 11 is 3.25. The number of rotatable bonds is 13. The van der Waals surface area contributed by atoms with Gasteiger partial charge >= 0.3 is 0 Å². The number of benzene rings is 1. The van der Waals surface area contributed by atoms with E-state index < -0.39 is 24.2 Å². The summed E-state index contributed by atoms with van der Waals surface area (Å²) in [6, 6.07) is 6.57. The van der Waals surface area contributed by atoms with Crippen LogP contribution >= 0.6 is 15.9 Å². The maximum absolute atomic E-state index is 12.9. The molecule has 14 nitrogen and oxygen atoms in total. The molecule has 46 heavy (non-hydrogen) atoms. The molecular formula is C31H43BrN9O5+. The molecule has 1 aliphatic rings. The molecule has 1 aromatic carbocycles. The lowest BCUT2D eigenvalue weighted by molar-refractivity contribution is -0.676. The van der Waals surface area contributed by atoms with E-state index in [1.807, 2.05) is 10.9 Å². The van der Waals surface area contributed by atoms with Crippen molar-refractivity contribution in [2.45, 2.75) is 77.1 Å². The van der Waals surface area contributed by atoms with Gasteiger partial charge in [0.2, 0.25) is 0 Å². The minimum atomic E-state index is -1.29. The first-order valence-corrected chi connectivity index (χ1v) is 16.5. The number of halogens is 1. The summed E-state index contributed by atoms with van der Waals surface area (Å²) in [4.78, 5) is 23.2. The number of nitrogens with one attached hydrogen (secondary N) is 1. The highest BCUT2D eigenvalue weighted by Crippen LogP contribution is 2.28. The van der Waals surface area contributed by atoms with Crippen LogP contribution in [0.4, 0.5) is 5.82 Å². The number of hydrogen-bond acceptors (Lipinski definition) is 10. The van der Waals surface area contributed by atoms with E-state index in [2.05, 4.69) is 83.5 Å². The van der Waals surface area contributed by atoms with Gasteiger partial charge in [-0.15, -0.1) is 0 Å². The summed E-state index contributed by atoms with van der Waals surface area (Å²) in [7, 11) is 0. The lowest BCUT2D eigenvalue weighted by atomic mass is 10.0. The van der Waals surface area contributed by atoms with Gasteiger partial charge in [0, 0.05) is 38.0 Å². The maximum Gasteiger partial charge on any atom is 0.277 e. The predicted octanol–water partition coefficient (Wildman–Crippen LogP) is 0.999. The van der Waals surface area contributed by atoms with Crippen molar-refractivity contribution in [2.75, 3.05) is 32.0 Å². The second-order valence-electron chi connectivity index (χ2n) is 11.6. The first-order valence-electron chi connectivity index (χ1n) is 15.7. The number of aliphatic hydroxyl groups is 4. The number of aryl methyl sites for hydroxylation is 2. The SMILES string of the molecule is CCn1c(CNC(=O)c2nc(Br)cnc2N)[n+](CC)c2ccc(-c3cnn(C4CCN(CC(O)C(O)C(O)CCO)CC4)c3)cc21. The van der Waals surface area contributed by atoms with Crippen molar-refractivity contribution in [3.05, 3.63) is 52.9 Å². The van der Waals surface area contributed by atoms with Crippen molar-refractivity contribution in [1.29, 1.82) is 0 Å². The molecule has 0 bridgehead atoms. The van der Waals surface area contributed by atoms with Crippen molar-refractivity contribution in [3.8, 4) is 11.1 Å². The molecule has 1 saturated heterocycles. The Kier molecular flexibility index (Phi) is 11.0. The Labute approximate surface area is 275 Å². The third-order valence-electron chi connectivity index (χ3n) is 8.73. The van der Waals surface area contributed by atoms with Crippen molar-refractivity contribution < 1.29 is 29.8 Å². The molecule has 3 atom stereocenters. The fourth-order valence-corrected chi connectivity index (χ4v) is 6.52. The van der Waals surface area contributed by atoms with Crippen molar-refractivity contribution in [3.63, 3.8) is 0 Å². The van der Waals surface area contributed by atoms with Crippen LogP contribution in [0.25, 0.3) is 22.2 Å². The van der Waals surface area contributed by atoms with Crippen LogP contribution in [0.2, 0.25) is 0 Å². The molecule has 1 fully saturated rings. The first kappa shape index (κ1) is 33.9. The van der Waals surface area contributed by atoms with E-state index in [4.69, 9.17) is 15.9 Å². The van der Waals surface area contributed by atoms with E-state index in [1.165, 1.54) is 6.20 Å². The molecule has 0 aliphatic carbocycles. The minimum Gasteiger partial charge on any atom is -0.396 e. The summed E-state index contributed by atoms with van der Waals surface area (Å²) in [6.07, 6.45) is 3.57. The minimum absolute atomic E-state index is 0.0241. The van der Waals surface area contributed by atoms with Crippen LogP contribution in [0.5, 0.6) is 0 Å². The number of imidazole rings is 1. The van der Waals surface area contributed by atoms with Crippen LogP contribution in [0.15, 0.2) is 41.4 Å². The van der Waals surface area contributed by atoms with Crippen LogP contribution in [-0.2, 0) is 19.6 Å². The number of piperidine rings is 1. The van der Waals surface area contributed by atoms with E-state index in [-0.39, 0.29) is 43.7 Å². The monoisotopic (exact) mass is 700 g/mol. The molecule has 15 heteroatoms. The fourth-order valence-electron chi connectivity index (χ4n) is 6.24. The molecule has 5 rings (SSSR count). The van der Waals surface area contributed by atoms with Gasteiger partial charge < -0.3 is 36.4 Å². The molecular weight excluding hydrogens is 658 g/mol. The van der Waals surface area contributed by atoms with Crippen LogP contribution in [0, 0.1) is 0 Å². The number of aromatic nitrogens is 6. The van der Waals surface area contributed by atoms with Crippen molar-refractivity contribution in [1.82, 2.24) is 34.5 Å². The maximum atomic E-state index is 12.9. The van der Waals surface area contributed by atoms with Crippen LogP contribution < -0.4 is 15.6 Å². The van der Waals surface area contributed by atoms with E-state index in [0.717, 1.165) is 60.5 Å². The van der Waals surface area contributed by atoms with Gasteiger partial charge in [-0.1, -0.05) is 0 Å². The van der Waals surface area contributed by atoms with Gasteiger partial charge in [-0.3, -0.25) is 9.48 Å². The van der Waals surface area contributed by atoms with Gasteiger partial charge in [0.15, 0.2) is 22.5 Å². The van der Waals surface area contributed by atoms with Gasteiger partial charge in [-0.2, -0.15) is 5.10 Å². The van der Waals surface area contributed by atoms with E-state index in [9.17, 15) is 20.1 Å². The average Bonchev–Trinajstić information content (AvgIpc) is 3.67. The zero-order chi connectivity index (χ0) is 33.0. The molecule has 1 aliphatic heterocycles. The number of β-amino-alcohol motifs (C(OH)–C–C–N with tert-alkyl or cyclic N) is 1. The van der Waals surface area contributed by atoms with Crippen LogP contribution in [0.3, 0.4) is 0 Å². The fraction of sp³-hybridized carbons (Fsp3) is 0.516. The molecule has 0 saturated carbocycles. The Morgan fingerprint density at radius 2 is 1.91 bits per heavy atom. The third kappa shape index (κ3) is 7.24. The number of hydrogen-bond donors (Lipinski definition) is 6. The summed E-state index contributed by atoms with van der Waals surface area (Å²) in [5.74, 6) is 0.627. The lowest BCUT2D eigenvalue weighted by Crippen LogP contribution is -2.47. The number of likely N-dealkylation sites (tertiary alicyclic amines) is 1. The normalized spacial score (nSPS) is 16.5. The van der Waals surface area contributed by atoms with Crippen molar-refractivity contribution >= 4 is 38.7 Å². The summed E-state index contributed by atoms with van der Waals surface area (Å²) in [5, 5.41) is 47.0. The van der Waals surface area contributed by atoms with Crippen LogP contribution in [0.1, 0.15) is 55.5 Å². The number of carbonyl (C=O) groups is 1. The molecule has 1 amide bonds. The summed E-state index contributed by atoms with van der Waals surface area (Å²) in [6.45, 7) is 7.34. The number of nitrogen functional groups attached to an aromatic ring is 1.